The molecule has 110 valence electrons. The van der Waals surface area contributed by atoms with E-state index in [-0.39, 0.29) is 17.9 Å². The van der Waals surface area contributed by atoms with Gasteiger partial charge in [-0.1, -0.05) is 6.92 Å². The van der Waals surface area contributed by atoms with Gasteiger partial charge < -0.3 is 15.4 Å². The van der Waals surface area contributed by atoms with Crippen LogP contribution in [0.15, 0.2) is 24.3 Å². The standard InChI is InChI=1S/C16H24N2O2/c1-3-12(2)20-15-6-4-14(5-7-15)18-16(19)13-8-10-17-11-9-13/h4-7,12-13,17H,3,8-11H2,1-2H3,(H,18,19). The molecule has 2 N–H and O–H groups in total. The lowest BCUT2D eigenvalue weighted by Gasteiger charge is -2.21. The van der Waals surface area contributed by atoms with E-state index in [1.165, 1.54) is 0 Å². The minimum absolute atomic E-state index is 0.127. The summed E-state index contributed by atoms with van der Waals surface area (Å²) in [7, 11) is 0. The molecule has 0 saturated carbocycles. The van der Waals surface area contributed by atoms with Crippen LogP contribution in [0.4, 0.5) is 5.69 Å². The Hall–Kier alpha value is -1.55. The van der Waals surface area contributed by atoms with Crippen LogP contribution < -0.4 is 15.4 Å². The van der Waals surface area contributed by atoms with E-state index in [0.717, 1.165) is 43.8 Å². The highest BCUT2D eigenvalue weighted by molar-refractivity contribution is 5.92. The average molecular weight is 276 g/mol. The Morgan fingerprint density at radius 2 is 2.00 bits per heavy atom. The molecule has 1 atom stereocenters. The third kappa shape index (κ3) is 4.23. The number of hydrogen-bond donors (Lipinski definition) is 2. The molecule has 0 bridgehead atoms. The Kier molecular flexibility index (Phi) is 5.41. The van der Waals surface area contributed by atoms with Gasteiger partial charge in [0.1, 0.15) is 5.75 Å². The highest BCUT2D eigenvalue weighted by Gasteiger charge is 2.20. The van der Waals surface area contributed by atoms with E-state index >= 15 is 0 Å². The Bertz CT molecular complexity index is 425. The summed E-state index contributed by atoms with van der Waals surface area (Å²) in [5, 5.41) is 6.25. The van der Waals surface area contributed by atoms with Crippen molar-refractivity contribution in [2.24, 2.45) is 5.92 Å². The van der Waals surface area contributed by atoms with Gasteiger partial charge in [-0.05, 0) is 63.5 Å². The van der Waals surface area contributed by atoms with Crippen molar-refractivity contribution in [1.29, 1.82) is 0 Å². The second-order valence-electron chi connectivity index (χ2n) is 5.37. The molecule has 1 amide bonds. The number of carbonyl (C=O) groups excluding carboxylic acids is 1. The molecule has 20 heavy (non-hydrogen) atoms. The number of benzene rings is 1. The molecule has 1 aliphatic rings. The maximum atomic E-state index is 12.1. The zero-order valence-corrected chi connectivity index (χ0v) is 12.3. The van der Waals surface area contributed by atoms with E-state index in [0.29, 0.717) is 0 Å². The summed E-state index contributed by atoms with van der Waals surface area (Å²) in [5.41, 5.74) is 0.838. The minimum atomic E-state index is 0.127. The van der Waals surface area contributed by atoms with Crippen molar-refractivity contribution in [3.8, 4) is 5.75 Å². The van der Waals surface area contributed by atoms with Gasteiger partial charge >= 0.3 is 0 Å². The highest BCUT2D eigenvalue weighted by Crippen LogP contribution is 2.19. The Labute approximate surface area is 120 Å². The summed E-state index contributed by atoms with van der Waals surface area (Å²) in [5.74, 6) is 1.11. The first-order valence-electron chi connectivity index (χ1n) is 7.47. The van der Waals surface area contributed by atoms with Crippen molar-refractivity contribution < 1.29 is 9.53 Å². The van der Waals surface area contributed by atoms with Crippen LogP contribution in [0.2, 0.25) is 0 Å². The third-order valence-corrected chi connectivity index (χ3v) is 3.74. The van der Waals surface area contributed by atoms with E-state index in [9.17, 15) is 4.79 Å². The number of rotatable bonds is 5. The fourth-order valence-electron chi connectivity index (χ4n) is 2.26. The number of piperidine rings is 1. The summed E-state index contributed by atoms with van der Waals surface area (Å²) in [6.07, 6.45) is 3.03. The zero-order chi connectivity index (χ0) is 14.4. The average Bonchev–Trinajstić information content (AvgIpc) is 2.50. The molecule has 4 nitrogen and oxygen atoms in total. The van der Waals surface area contributed by atoms with E-state index in [4.69, 9.17) is 4.74 Å². The fraction of sp³-hybridized carbons (Fsp3) is 0.562. The lowest BCUT2D eigenvalue weighted by atomic mass is 9.97. The summed E-state index contributed by atoms with van der Waals surface area (Å²) in [6.45, 7) is 6.00. The smallest absolute Gasteiger partial charge is 0.227 e. The van der Waals surface area contributed by atoms with Gasteiger partial charge in [0.25, 0.3) is 0 Å². The van der Waals surface area contributed by atoms with Crippen LogP contribution >= 0.6 is 0 Å². The molecule has 1 heterocycles. The first-order chi connectivity index (χ1) is 9.69. The quantitative estimate of drug-likeness (QED) is 0.869. The van der Waals surface area contributed by atoms with E-state index in [1.807, 2.05) is 31.2 Å². The van der Waals surface area contributed by atoms with Gasteiger partial charge in [-0.15, -0.1) is 0 Å². The maximum absolute atomic E-state index is 12.1. The largest absolute Gasteiger partial charge is 0.491 e. The van der Waals surface area contributed by atoms with Crippen molar-refractivity contribution in [1.82, 2.24) is 5.32 Å². The van der Waals surface area contributed by atoms with Gasteiger partial charge in [0, 0.05) is 11.6 Å². The van der Waals surface area contributed by atoms with Gasteiger partial charge in [0.05, 0.1) is 6.10 Å². The number of nitrogens with one attached hydrogen (secondary N) is 2. The summed E-state index contributed by atoms with van der Waals surface area (Å²) < 4.78 is 5.72. The summed E-state index contributed by atoms with van der Waals surface area (Å²) in [4.78, 5) is 12.1. The molecule has 1 unspecified atom stereocenters. The molecule has 4 heteroatoms. The van der Waals surface area contributed by atoms with Crippen molar-refractivity contribution in [2.75, 3.05) is 18.4 Å². The van der Waals surface area contributed by atoms with E-state index in [1.54, 1.807) is 0 Å². The lowest BCUT2D eigenvalue weighted by molar-refractivity contribution is -0.120. The van der Waals surface area contributed by atoms with Crippen LogP contribution in [0.1, 0.15) is 33.1 Å². The predicted molar refractivity (Wildman–Crippen MR) is 81.0 cm³/mol. The molecule has 0 radical (unpaired) electrons. The molecular weight excluding hydrogens is 252 g/mol. The highest BCUT2D eigenvalue weighted by atomic mass is 16.5. The first kappa shape index (κ1) is 14.9. The summed E-state index contributed by atoms with van der Waals surface area (Å²) in [6, 6.07) is 7.61. The Morgan fingerprint density at radius 1 is 1.35 bits per heavy atom. The lowest BCUT2D eigenvalue weighted by Crippen LogP contribution is -2.34. The molecule has 1 aromatic carbocycles. The van der Waals surface area contributed by atoms with Gasteiger partial charge in [-0.25, -0.2) is 0 Å². The van der Waals surface area contributed by atoms with Crippen LogP contribution in [0.3, 0.4) is 0 Å². The SMILES string of the molecule is CCC(C)Oc1ccc(NC(=O)C2CCNCC2)cc1. The summed E-state index contributed by atoms with van der Waals surface area (Å²) >= 11 is 0. The molecule has 1 fully saturated rings. The van der Waals surface area contributed by atoms with Crippen LogP contribution in [-0.4, -0.2) is 25.1 Å². The molecule has 1 aliphatic heterocycles. The number of amides is 1. The van der Waals surface area contributed by atoms with Gasteiger partial charge in [0.2, 0.25) is 5.91 Å². The molecule has 1 aromatic rings. The van der Waals surface area contributed by atoms with Crippen LogP contribution in [0, 0.1) is 5.92 Å². The maximum Gasteiger partial charge on any atom is 0.227 e. The normalized spacial score (nSPS) is 17.5. The number of hydrogen-bond acceptors (Lipinski definition) is 3. The van der Waals surface area contributed by atoms with Crippen LogP contribution in [-0.2, 0) is 4.79 Å². The van der Waals surface area contributed by atoms with Crippen molar-refractivity contribution in [3.05, 3.63) is 24.3 Å². The van der Waals surface area contributed by atoms with Crippen molar-refractivity contribution in [2.45, 2.75) is 39.2 Å². The number of ether oxygens (including phenoxy) is 1. The topological polar surface area (TPSA) is 50.4 Å². The Morgan fingerprint density at radius 3 is 2.60 bits per heavy atom. The predicted octanol–water partition coefficient (Wildman–Crippen LogP) is 2.80. The van der Waals surface area contributed by atoms with Crippen LogP contribution in [0.25, 0.3) is 0 Å². The van der Waals surface area contributed by atoms with Crippen molar-refractivity contribution >= 4 is 11.6 Å². The molecular formula is C16H24N2O2. The van der Waals surface area contributed by atoms with Crippen LogP contribution in [0.5, 0.6) is 5.75 Å². The zero-order valence-electron chi connectivity index (χ0n) is 12.3. The second-order valence-corrected chi connectivity index (χ2v) is 5.37. The molecule has 1 saturated heterocycles. The fourth-order valence-corrected chi connectivity index (χ4v) is 2.26. The molecule has 0 spiro atoms. The number of carbonyl (C=O) groups is 1. The minimum Gasteiger partial charge on any atom is -0.491 e. The second kappa shape index (κ2) is 7.29. The monoisotopic (exact) mass is 276 g/mol. The van der Waals surface area contributed by atoms with E-state index in [2.05, 4.69) is 17.6 Å². The van der Waals surface area contributed by atoms with Gasteiger partial charge in [-0.2, -0.15) is 0 Å². The molecule has 0 aliphatic carbocycles. The molecule has 0 aromatic heterocycles. The third-order valence-electron chi connectivity index (χ3n) is 3.74. The first-order valence-corrected chi connectivity index (χ1v) is 7.47. The van der Waals surface area contributed by atoms with Crippen molar-refractivity contribution in [3.63, 3.8) is 0 Å². The number of anilines is 1. The van der Waals surface area contributed by atoms with Gasteiger partial charge in [0.15, 0.2) is 0 Å². The van der Waals surface area contributed by atoms with E-state index < -0.39 is 0 Å². The molecule has 2 rings (SSSR count). The Balaban J connectivity index is 1.88. The van der Waals surface area contributed by atoms with Gasteiger partial charge in [-0.3, -0.25) is 4.79 Å².